The number of carbonyl (C=O) groups is 1. The zero-order valence-corrected chi connectivity index (χ0v) is 19.1. The summed E-state index contributed by atoms with van der Waals surface area (Å²) in [5, 5.41) is 2.71. The third-order valence-electron chi connectivity index (χ3n) is 4.78. The fourth-order valence-corrected chi connectivity index (χ4v) is 2.94. The molecule has 3 aromatic rings. The van der Waals surface area contributed by atoms with Crippen LogP contribution in [0.4, 0.5) is 10.5 Å². The second-order valence-electron chi connectivity index (χ2n) is 7.40. The number of anilines is 1. The van der Waals surface area contributed by atoms with E-state index < -0.39 is 12.4 Å². The van der Waals surface area contributed by atoms with Crippen LogP contribution in [0.15, 0.2) is 72.9 Å². The molecule has 174 valence electrons. The second-order valence-corrected chi connectivity index (χ2v) is 7.40. The number of nitrogens with one attached hydrogen (secondary N) is 1. The number of nitrogens with zero attached hydrogens (tertiary/aromatic N) is 2. The fraction of sp³-hybridized carbons (Fsp3) is 0.280. The number of hydrogen-bond donors (Lipinski definition) is 1. The average molecular weight is 452 g/mol. The molecule has 0 aliphatic rings. The van der Waals surface area contributed by atoms with Crippen molar-refractivity contribution in [3.8, 4) is 11.6 Å². The quantitative estimate of drug-likeness (QED) is 0.441. The third-order valence-corrected chi connectivity index (χ3v) is 4.78. The normalized spacial score (nSPS) is 11.4. The van der Waals surface area contributed by atoms with Crippen LogP contribution in [0.3, 0.4) is 0 Å². The topological polar surface area (TPSA) is 82.2 Å². The minimum Gasteiger partial charge on any atom is -0.497 e. The SMILES string of the molecule is COc1ccc(CC(OCOC(=O)NCc2ccc(N(C)C)cc2)Oc2ccccn2)cc1. The van der Waals surface area contributed by atoms with Crippen LogP contribution < -0.4 is 19.7 Å². The summed E-state index contributed by atoms with van der Waals surface area (Å²) in [4.78, 5) is 18.2. The molecule has 1 heterocycles. The number of hydrogen-bond acceptors (Lipinski definition) is 7. The van der Waals surface area contributed by atoms with Gasteiger partial charge in [0.05, 0.1) is 7.11 Å². The van der Waals surface area contributed by atoms with E-state index in [1.807, 2.05) is 73.6 Å². The van der Waals surface area contributed by atoms with Gasteiger partial charge in [0.2, 0.25) is 12.2 Å². The van der Waals surface area contributed by atoms with Crippen molar-refractivity contribution < 1.29 is 23.7 Å². The number of aromatic nitrogens is 1. The van der Waals surface area contributed by atoms with E-state index in [4.69, 9.17) is 18.9 Å². The summed E-state index contributed by atoms with van der Waals surface area (Å²) in [5.74, 6) is 1.18. The first-order valence-corrected chi connectivity index (χ1v) is 10.5. The van der Waals surface area contributed by atoms with Gasteiger partial charge in [-0.25, -0.2) is 9.78 Å². The second kappa shape index (κ2) is 12.3. The van der Waals surface area contributed by atoms with Crippen LogP contribution in [-0.4, -0.2) is 45.4 Å². The standard InChI is InChI=1S/C25H29N3O5/c1-28(2)21-11-7-20(8-12-21)17-27-25(29)32-18-31-24(33-23-6-4-5-15-26-23)16-19-9-13-22(30-3)14-10-19/h4-15,24H,16-18H2,1-3H3,(H,27,29). The number of methoxy groups -OCH3 is 1. The summed E-state index contributed by atoms with van der Waals surface area (Å²) >= 11 is 0. The third kappa shape index (κ3) is 8.01. The Morgan fingerprint density at radius 1 is 1.00 bits per heavy atom. The van der Waals surface area contributed by atoms with Gasteiger partial charge < -0.3 is 29.2 Å². The van der Waals surface area contributed by atoms with E-state index in [-0.39, 0.29) is 6.79 Å². The molecular weight excluding hydrogens is 422 g/mol. The molecule has 2 aromatic carbocycles. The number of carbonyl (C=O) groups excluding carboxylic acids is 1. The summed E-state index contributed by atoms with van der Waals surface area (Å²) in [6, 6.07) is 20.8. The molecule has 1 unspecified atom stereocenters. The first-order chi connectivity index (χ1) is 16.0. The van der Waals surface area contributed by atoms with Crippen LogP contribution in [0, 0.1) is 0 Å². The highest BCUT2D eigenvalue weighted by molar-refractivity contribution is 5.67. The number of pyridine rings is 1. The molecule has 1 amide bonds. The Morgan fingerprint density at radius 3 is 2.36 bits per heavy atom. The van der Waals surface area contributed by atoms with Crippen LogP contribution in [-0.2, 0) is 22.4 Å². The molecule has 1 aromatic heterocycles. The molecule has 1 N–H and O–H groups in total. The van der Waals surface area contributed by atoms with E-state index in [2.05, 4.69) is 10.3 Å². The summed E-state index contributed by atoms with van der Waals surface area (Å²) in [5.41, 5.74) is 3.03. The van der Waals surface area contributed by atoms with Gasteiger partial charge in [0.25, 0.3) is 0 Å². The van der Waals surface area contributed by atoms with Crippen LogP contribution in [0.1, 0.15) is 11.1 Å². The van der Waals surface area contributed by atoms with Gasteiger partial charge in [-0.2, -0.15) is 0 Å². The fourth-order valence-electron chi connectivity index (χ4n) is 2.94. The van der Waals surface area contributed by atoms with E-state index in [1.54, 1.807) is 25.4 Å². The summed E-state index contributed by atoms with van der Waals surface area (Å²) in [7, 11) is 5.57. The molecule has 0 radical (unpaired) electrons. The summed E-state index contributed by atoms with van der Waals surface area (Å²) in [6.07, 6.45) is 0.797. The van der Waals surface area contributed by atoms with Gasteiger partial charge in [0.15, 0.2) is 6.79 Å². The molecule has 0 aliphatic heterocycles. The lowest BCUT2D eigenvalue weighted by Crippen LogP contribution is -2.29. The highest BCUT2D eigenvalue weighted by Gasteiger charge is 2.15. The van der Waals surface area contributed by atoms with Gasteiger partial charge in [-0.05, 0) is 41.5 Å². The van der Waals surface area contributed by atoms with Gasteiger partial charge in [0.1, 0.15) is 5.75 Å². The predicted molar refractivity (Wildman–Crippen MR) is 125 cm³/mol. The number of amides is 1. The molecule has 33 heavy (non-hydrogen) atoms. The van der Waals surface area contributed by atoms with Crippen LogP contribution in [0.5, 0.6) is 11.6 Å². The van der Waals surface area contributed by atoms with Crippen LogP contribution in [0.2, 0.25) is 0 Å². The molecule has 8 nitrogen and oxygen atoms in total. The number of rotatable bonds is 11. The van der Waals surface area contributed by atoms with Crippen molar-refractivity contribution in [2.45, 2.75) is 19.3 Å². The highest BCUT2D eigenvalue weighted by atomic mass is 16.8. The summed E-state index contributed by atoms with van der Waals surface area (Å²) < 4.78 is 21.9. The molecule has 0 saturated heterocycles. The van der Waals surface area contributed by atoms with Crippen LogP contribution in [0.25, 0.3) is 0 Å². The zero-order chi connectivity index (χ0) is 23.5. The molecule has 0 saturated carbocycles. The smallest absolute Gasteiger partial charge is 0.409 e. The molecule has 1 atom stereocenters. The Balaban J connectivity index is 1.49. The summed E-state index contributed by atoms with van der Waals surface area (Å²) in [6.45, 7) is 0.0886. The zero-order valence-electron chi connectivity index (χ0n) is 19.1. The minimum absolute atomic E-state index is 0.265. The monoisotopic (exact) mass is 451 g/mol. The largest absolute Gasteiger partial charge is 0.497 e. The average Bonchev–Trinajstić information content (AvgIpc) is 2.84. The van der Waals surface area contributed by atoms with E-state index in [1.165, 1.54) is 0 Å². The Hall–Kier alpha value is -3.78. The van der Waals surface area contributed by atoms with E-state index >= 15 is 0 Å². The molecule has 0 aliphatic carbocycles. The molecule has 8 heteroatoms. The van der Waals surface area contributed by atoms with Gasteiger partial charge in [-0.3, -0.25) is 0 Å². The number of ether oxygens (including phenoxy) is 4. The Labute approximate surface area is 194 Å². The van der Waals surface area contributed by atoms with Gasteiger partial charge >= 0.3 is 6.09 Å². The van der Waals surface area contributed by atoms with Crippen molar-refractivity contribution in [1.29, 1.82) is 0 Å². The predicted octanol–water partition coefficient (Wildman–Crippen LogP) is 4.00. The highest BCUT2D eigenvalue weighted by Crippen LogP contribution is 2.16. The first-order valence-electron chi connectivity index (χ1n) is 10.5. The Bertz CT molecular complexity index is 979. The lowest BCUT2D eigenvalue weighted by Gasteiger charge is -2.19. The Kier molecular flexibility index (Phi) is 8.90. The van der Waals surface area contributed by atoms with Crippen molar-refractivity contribution in [1.82, 2.24) is 10.3 Å². The molecule has 0 fully saturated rings. The lowest BCUT2D eigenvalue weighted by molar-refractivity contribution is -0.137. The van der Waals surface area contributed by atoms with Crippen molar-refractivity contribution in [2.75, 3.05) is 32.9 Å². The molecule has 0 bridgehead atoms. The van der Waals surface area contributed by atoms with Gasteiger partial charge in [-0.1, -0.05) is 30.3 Å². The van der Waals surface area contributed by atoms with Crippen molar-refractivity contribution >= 4 is 11.8 Å². The van der Waals surface area contributed by atoms with Crippen molar-refractivity contribution in [3.63, 3.8) is 0 Å². The maximum absolute atomic E-state index is 12.1. The molecule has 0 spiro atoms. The van der Waals surface area contributed by atoms with Crippen molar-refractivity contribution in [2.24, 2.45) is 0 Å². The maximum atomic E-state index is 12.1. The maximum Gasteiger partial charge on any atom is 0.409 e. The molecular formula is C25H29N3O5. The van der Waals surface area contributed by atoms with E-state index in [0.717, 1.165) is 22.6 Å². The number of alkyl carbamates (subject to hydrolysis) is 1. The van der Waals surface area contributed by atoms with Crippen LogP contribution >= 0.6 is 0 Å². The first kappa shape index (κ1) is 23.9. The minimum atomic E-state index is -0.695. The van der Waals surface area contributed by atoms with E-state index in [9.17, 15) is 4.79 Å². The van der Waals surface area contributed by atoms with Crippen molar-refractivity contribution in [3.05, 3.63) is 84.1 Å². The number of benzene rings is 2. The lowest BCUT2D eigenvalue weighted by atomic mass is 10.1. The van der Waals surface area contributed by atoms with Gasteiger partial charge in [-0.15, -0.1) is 0 Å². The Morgan fingerprint density at radius 2 is 1.73 bits per heavy atom. The van der Waals surface area contributed by atoms with E-state index in [0.29, 0.717) is 18.8 Å². The molecule has 3 rings (SSSR count). The van der Waals surface area contributed by atoms with Gasteiger partial charge in [0, 0.05) is 45.0 Å².